The average Bonchev–Trinajstić information content (AvgIpc) is 2.98. The number of nitrogens with one attached hydrogen (secondary N) is 2. The van der Waals surface area contributed by atoms with Crippen LogP contribution in [0.5, 0.6) is 0 Å². The SMILES string of the molecule is CC.OCCCN=C1Nc2cc(C(F)(F)F)ccc2N2C(Br)=CNC12. The van der Waals surface area contributed by atoms with Crippen molar-refractivity contribution in [3.05, 3.63) is 34.6 Å². The Morgan fingerprint density at radius 3 is 2.68 bits per heavy atom. The van der Waals surface area contributed by atoms with E-state index in [2.05, 4.69) is 31.6 Å². The van der Waals surface area contributed by atoms with Gasteiger partial charge in [-0.1, -0.05) is 13.8 Å². The van der Waals surface area contributed by atoms with Crippen LogP contribution in [-0.2, 0) is 6.18 Å². The van der Waals surface area contributed by atoms with Gasteiger partial charge < -0.3 is 20.6 Å². The molecule has 5 nitrogen and oxygen atoms in total. The van der Waals surface area contributed by atoms with E-state index in [9.17, 15) is 13.2 Å². The number of nitrogens with zero attached hydrogens (tertiary/aromatic N) is 2. The van der Waals surface area contributed by atoms with Crippen LogP contribution < -0.4 is 15.5 Å². The number of hydrogen-bond acceptors (Lipinski definition) is 4. The van der Waals surface area contributed by atoms with Crippen molar-refractivity contribution in [2.45, 2.75) is 32.6 Å². The third kappa shape index (κ3) is 4.09. The Kier molecular flexibility index (Phi) is 6.34. The highest BCUT2D eigenvalue weighted by molar-refractivity contribution is 9.11. The molecule has 3 N–H and O–H groups in total. The van der Waals surface area contributed by atoms with E-state index in [-0.39, 0.29) is 12.8 Å². The third-order valence-electron chi connectivity index (χ3n) is 3.55. The van der Waals surface area contributed by atoms with Crippen molar-refractivity contribution in [3.8, 4) is 0 Å². The molecule has 0 aliphatic carbocycles. The monoisotopic (exact) mass is 420 g/mol. The van der Waals surface area contributed by atoms with Gasteiger partial charge >= 0.3 is 6.18 Å². The summed E-state index contributed by atoms with van der Waals surface area (Å²) in [7, 11) is 0. The molecule has 0 spiro atoms. The number of alkyl halides is 3. The summed E-state index contributed by atoms with van der Waals surface area (Å²) in [5.41, 5.74) is 0.245. The summed E-state index contributed by atoms with van der Waals surface area (Å²) in [4.78, 5) is 6.17. The van der Waals surface area contributed by atoms with Crippen molar-refractivity contribution in [2.75, 3.05) is 23.4 Å². The molecule has 9 heteroatoms. The standard InChI is InChI=1S/C14H14BrF3N4O.C2H6/c15-11-7-20-13-12(19-4-1-5-23)21-9-6-8(14(16,17)18)2-3-10(9)22(11)13;1-2/h2-3,6-7,13,20,23H,1,4-5H2,(H,19,21);1-2H3. The molecule has 1 unspecified atom stereocenters. The van der Waals surface area contributed by atoms with Crippen LogP contribution in [0.25, 0.3) is 0 Å². The van der Waals surface area contributed by atoms with Gasteiger partial charge in [0.1, 0.15) is 10.4 Å². The lowest BCUT2D eigenvalue weighted by atomic mass is 10.1. The molecule has 25 heavy (non-hydrogen) atoms. The van der Waals surface area contributed by atoms with Gasteiger partial charge in [-0.05, 0) is 40.5 Å². The number of fused-ring (bicyclic) bond motifs is 3. The van der Waals surface area contributed by atoms with Gasteiger partial charge in [0, 0.05) is 19.4 Å². The molecule has 0 radical (unpaired) electrons. The molecular formula is C16H20BrF3N4O. The topological polar surface area (TPSA) is 59.9 Å². The lowest BCUT2D eigenvalue weighted by molar-refractivity contribution is -0.137. The number of aliphatic imine (C=N–C) groups is 1. The van der Waals surface area contributed by atoms with E-state index >= 15 is 0 Å². The van der Waals surface area contributed by atoms with Gasteiger partial charge in [0.2, 0.25) is 0 Å². The normalized spacial score (nSPS) is 20.0. The number of anilines is 2. The number of hydrogen-bond donors (Lipinski definition) is 3. The molecule has 2 heterocycles. The van der Waals surface area contributed by atoms with Crippen molar-refractivity contribution in [1.29, 1.82) is 0 Å². The smallest absolute Gasteiger partial charge is 0.396 e. The summed E-state index contributed by atoms with van der Waals surface area (Å²) in [5.74, 6) is 0.510. The number of rotatable bonds is 3. The van der Waals surface area contributed by atoms with Crippen LogP contribution in [0.15, 0.2) is 34.0 Å². The van der Waals surface area contributed by atoms with Crippen molar-refractivity contribution < 1.29 is 18.3 Å². The molecule has 2 aliphatic rings. The summed E-state index contributed by atoms with van der Waals surface area (Å²) >= 11 is 3.40. The summed E-state index contributed by atoms with van der Waals surface area (Å²) in [6.07, 6.45) is -2.51. The third-order valence-corrected chi connectivity index (χ3v) is 4.16. The first-order valence-electron chi connectivity index (χ1n) is 7.96. The van der Waals surface area contributed by atoms with Gasteiger partial charge in [-0.25, -0.2) is 0 Å². The maximum absolute atomic E-state index is 12.9. The second-order valence-electron chi connectivity index (χ2n) is 5.11. The van der Waals surface area contributed by atoms with E-state index in [0.29, 0.717) is 34.8 Å². The summed E-state index contributed by atoms with van der Waals surface area (Å²) in [6, 6.07) is 3.57. The predicted octanol–water partition coefficient (Wildman–Crippen LogP) is 3.87. The fourth-order valence-corrected chi connectivity index (χ4v) is 3.02. The highest BCUT2D eigenvalue weighted by Crippen LogP contribution is 2.41. The molecule has 2 aliphatic heterocycles. The second-order valence-corrected chi connectivity index (χ2v) is 5.92. The van der Waals surface area contributed by atoms with E-state index < -0.39 is 11.7 Å². The number of amidine groups is 1. The molecule has 0 bridgehead atoms. The summed E-state index contributed by atoms with van der Waals surface area (Å²) < 4.78 is 39.5. The molecule has 1 atom stereocenters. The Morgan fingerprint density at radius 2 is 2.04 bits per heavy atom. The van der Waals surface area contributed by atoms with E-state index in [1.54, 1.807) is 6.20 Å². The molecule has 0 fully saturated rings. The van der Waals surface area contributed by atoms with E-state index in [4.69, 9.17) is 5.11 Å². The van der Waals surface area contributed by atoms with Gasteiger partial charge in [0.25, 0.3) is 0 Å². The minimum absolute atomic E-state index is 0.00927. The Hall–Kier alpha value is -1.74. The molecule has 0 saturated carbocycles. The summed E-state index contributed by atoms with van der Waals surface area (Å²) in [5, 5.41) is 14.9. The Balaban J connectivity index is 0.00000109. The maximum Gasteiger partial charge on any atom is 0.416 e. The van der Waals surface area contributed by atoms with Crippen molar-refractivity contribution in [1.82, 2.24) is 5.32 Å². The van der Waals surface area contributed by atoms with Crippen LogP contribution in [0.4, 0.5) is 24.5 Å². The molecule has 138 valence electrons. The molecule has 1 aromatic rings. The Morgan fingerprint density at radius 1 is 1.32 bits per heavy atom. The average molecular weight is 421 g/mol. The minimum atomic E-state index is -4.40. The van der Waals surface area contributed by atoms with E-state index in [1.165, 1.54) is 6.07 Å². The predicted molar refractivity (Wildman–Crippen MR) is 96.8 cm³/mol. The molecule has 0 aromatic heterocycles. The highest BCUT2D eigenvalue weighted by atomic mass is 79.9. The summed E-state index contributed by atoms with van der Waals surface area (Å²) in [6.45, 7) is 4.39. The van der Waals surface area contributed by atoms with Crippen LogP contribution in [0.2, 0.25) is 0 Å². The minimum Gasteiger partial charge on any atom is -0.396 e. The van der Waals surface area contributed by atoms with Crippen LogP contribution in [0, 0.1) is 0 Å². The largest absolute Gasteiger partial charge is 0.416 e. The zero-order chi connectivity index (χ0) is 18.6. The van der Waals surface area contributed by atoms with Gasteiger partial charge in [0.15, 0.2) is 6.17 Å². The van der Waals surface area contributed by atoms with Gasteiger partial charge in [-0.3, -0.25) is 4.99 Å². The second kappa shape index (κ2) is 8.09. The number of halogens is 4. The zero-order valence-electron chi connectivity index (χ0n) is 13.9. The maximum atomic E-state index is 12.9. The van der Waals surface area contributed by atoms with Crippen molar-refractivity contribution in [2.24, 2.45) is 4.99 Å². The van der Waals surface area contributed by atoms with E-state index in [1.807, 2.05) is 18.7 Å². The molecular weight excluding hydrogens is 401 g/mol. The first-order valence-corrected chi connectivity index (χ1v) is 8.75. The van der Waals surface area contributed by atoms with Crippen molar-refractivity contribution >= 4 is 33.1 Å². The molecule has 0 saturated heterocycles. The fraction of sp³-hybridized carbons (Fsp3) is 0.438. The molecule has 1 aromatic carbocycles. The van der Waals surface area contributed by atoms with Crippen LogP contribution in [0.3, 0.4) is 0 Å². The number of aliphatic hydroxyl groups is 1. The van der Waals surface area contributed by atoms with Gasteiger partial charge in [0.05, 0.1) is 16.9 Å². The highest BCUT2D eigenvalue weighted by Gasteiger charge is 2.38. The van der Waals surface area contributed by atoms with Crippen LogP contribution in [-0.4, -0.2) is 30.3 Å². The van der Waals surface area contributed by atoms with Crippen molar-refractivity contribution in [3.63, 3.8) is 0 Å². The zero-order valence-corrected chi connectivity index (χ0v) is 15.4. The quantitative estimate of drug-likeness (QED) is 0.513. The Labute approximate surface area is 152 Å². The lowest BCUT2D eigenvalue weighted by Crippen LogP contribution is -2.50. The molecule has 3 rings (SSSR count). The Bertz CT molecular complexity index is 676. The first kappa shape index (κ1) is 19.6. The number of benzene rings is 1. The first-order chi connectivity index (χ1) is 11.9. The molecule has 0 amide bonds. The van der Waals surface area contributed by atoms with Crippen LogP contribution >= 0.6 is 15.9 Å². The van der Waals surface area contributed by atoms with Gasteiger partial charge in [-0.15, -0.1) is 0 Å². The van der Waals surface area contributed by atoms with E-state index in [0.717, 1.165) is 12.1 Å². The van der Waals surface area contributed by atoms with Crippen LogP contribution in [0.1, 0.15) is 25.8 Å². The fourth-order valence-electron chi connectivity index (χ4n) is 2.50. The number of aliphatic hydroxyl groups excluding tert-OH is 1. The lowest BCUT2D eigenvalue weighted by Gasteiger charge is -2.35. The van der Waals surface area contributed by atoms with Gasteiger partial charge in [-0.2, -0.15) is 13.2 Å².